The van der Waals surface area contributed by atoms with Gasteiger partial charge < -0.3 is 4.74 Å². The van der Waals surface area contributed by atoms with E-state index >= 15 is 0 Å². The molecule has 0 amide bonds. The maximum atomic E-state index is 8.80. The lowest BCUT2D eigenvalue weighted by atomic mass is 10.2. The Kier molecular flexibility index (Phi) is 3.46. The van der Waals surface area contributed by atoms with E-state index in [1.54, 1.807) is 18.2 Å². The molecule has 0 aliphatic carbocycles. The molecule has 3 heteroatoms. The summed E-state index contributed by atoms with van der Waals surface area (Å²) in [5.74, 6) is 1.40. The molecule has 2 rings (SSSR count). The van der Waals surface area contributed by atoms with Crippen LogP contribution in [0.3, 0.4) is 0 Å². The van der Waals surface area contributed by atoms with Crippen LogP contribution in [0, 0.1) is 18.3 Å². The van der Waals surface area contributed by atoms with Crippen molar-refractivity contribution in [2.24, 2.45) is 0 Å². The van der Waals surface area contributed by atoms with Crippen molar-refractivity contribution >= 4 is 15.9 Å². The normalized spacial score (nSPS) is 9.71. The minimum atomic E-state index is 0.589. The molecule has 0 saturated carbocycles. The van der Waals surface area contributed by atoms with Crippen LogP contribution < -0.4 is 4.74 Å². The average Bonchev–Trinajstić information content (AvgIpc) is 2.33. The van der Waals surface area contributed by atoms with Crippen LogP contribution in [0.4, 0.5) is 0 Å². The third kappa shape index (κ3) is 2.86. The van der Waals surface area contributed by atoms with Gasteiger partial charge in [0.15, 0.2) is 0 Å². The Morgan fingerprint density at radius 1 is 1.18 bits per heavy atom. The molecule has 0 saturated heterocycles. The fourth-order valence-electron chi connectivity index (χ4n) is 1.44. The third-order valence-corrected chi connectivity index (χ3v) is 2.90. The summed E-state index contributed by atoms with van der Waals surface area (Å²) < 4.78 is 6.61. The molecular weight excluding hydrogens is 278 g/mol. The lowest BCUT2D eigenvalue weighted by Crippen LogP contribution is -1.86. The van der Waals surface area contributed by atoms with Gasteiger partial charge in [0.2, 0.25) is 0 Å². The number of nitrogens with zero attached hydrogens (tertiary/aromatic N) is 1. The Bertz CT molecular complexity index is 587. The van der Waals surface area contributed by atoms with Crippen molar-refractivity contribution < 1.29 is 4.74 Å². The van der Waals surface area contributed by atoms with Crippen molar-refractivity contribution in [1.29, 1.82) is 5.26 Å². The van der Waals surface area contributed by atoms with Gasteiger partial charge in [-0.15, -0.1) is 0 Å². The van der Waals surface area contributed by atoms with E-state index in [1.165, 1.54) is 0 Å². The van der Waals surface area contributed by atoms with Crippen molar-refractivity contribution in [3.05, 3.63) is 58.1 Å². The first kappa shape index (κ1) is 11.7. The van der Waals surface area contributed by atoms with Gasteiger partial charge in [-0.25, -0.2) is 0 Å². The number of hydrogen-bond acceptors (Lipinski definition) is 2. The van der Waals surface area contributed by atoms with E-state index in [0.29, 0.717) is 11.3 Å². The number of halogens is 1. The molecule has 0 fully saturated rings. The molecular formula is C14H10BrNO. The molecule has 2 aromatic rings. The van der Waals surface area contributed by atoms with Crippen LogP contribution in [-0.4, -0.2) is 0 Å². The first-order valence-electron chi connectivity index (χ1n) is 5.13. The molecule has 2 nitrogen and oxygen atoms in total. The van der Waals surface area contributed by atoms with Crippen LogP contribution in [-0.2, 0) is 0 Å². The van der Waals surface area contributed by atoms with Crippen LogP contribution in [0.25, 0.3) is 0 Å². The van der Waals surface area contributed by atoms with Gasteiger partial charge in [0.1, 0.15) is 11.5 Å². The fourth-order valence-corrected chi connectivity index (χ4v) is 2.02. The topological polar surface area (TPSA) is 33.0 Å². The van der Waals surface area contributed by atoms with E-state index in [-0.39, 0.29) is 0 Å². The third-order valence-electron chi connectivity index (χ3n) is 2.28. The lowest BCUT2D eigenvalue weighted by Gasteiger charge is -2.08. The van der Waals surface area contributed by atoms with E-state index in [0.717, 1.165) is 15.8 Å². The van der Waals surface area contributed by atoms with E-state index in [4.69, 9.17) is 10.00 Å². The second-order valence-corrected chi connectivity index (χ2v) is 4.53. The average molecular weight is 288 g/mol. The Hall–Kier alpha value is -1.79. The fraction of sp³-hybridized carbons (Fsp3) is 0.0714. The van der Waals surface area contributed by atoms with E-state index in [2.05, 4.69) is 22.0 Å². The monoisotopic (exact) mass is 287 g/mol. The van der Waals surface area contributed by atoms with Crippen LogP contribution in [0.2, 0.25) is 0 Å². The molecule has 0 radical (unpaired) electrons. The van der Waals surface area contributed by atoms with Gasteiger partial charge in [0, 0.05) is 0 Å². The quantitative estimate of drug-likeness (QED) is 0.819. The summed E-state index contributed by atoms with van der Waals surface area (Å²) in [6, 6.07) is 15.0. The number of aryl methyl sites for hydroxylation is 1. The van der Waals surface area contributed by atoms with Crippen molar-refractivity contribution in [2.75, 3.05) is 0 Å². The molecule has 0 N–H and O–H groups in total. The second-order valence-electron chi connectivity index (χ2n) is 3.68. The van der Waals surface area contributed by atoms with Gasteiger partial charge in [0.25, 0.3) is 0 Å². The second kappa shape index (κ2) is 5.03. The van der Waals surface area contributed by atoms with Gasteiger partial charge in [0.05, 0.1) is 16.1 Å². The Balaban J connectivity index is 2.28. The van der Waals surface area contributed by atoms with E-state index in [1.807, 2.05) is 31.2 Å². The largest absolute Gasteiger partial charge is 0.456 e. The highest BCUT2D eigenvalue weighted by Crippen LogP contribution is 2.30. The zero-order valence-electron chi connectivity index (χ0n) is 9.27. The lowest BCUT2D eigenvalue weighted by molar-refractivity contribution is 0.479. The summed E-state index contributed by atoms with van der Waals surface area (Å²) in [5.41, 5.74) is 1.75. The summed E-state index contributed by atoms with van der Waals surface area (Å²) in [4.78, 5) is 0. The molecule has 0 atom stereocenters. The molecule has 2 aromatic carbocycles. The van der Waals surface area contributed by atoms with Crippen molar-refractivity contribution in [1.82, 2.24) is 0 Å². The molecule has 84 valence electrons. The predicted molar refractivity (Wildman–Crippen MR) is 70.1 cm³/mol. The predicted octanol–water partition coefficient (Wildman–Crippen LogP) is 4.42. The first-order valence-corrected chi connectivity index (χ1v) is 5.92. The van der Waals surface area contributed by atoms with Gasteiger partial charge >= 0.3 is 0 Å². The SMILES string of the molecule is Cc1ccc(Oc2cccc(C#N)c2)c(Br)c1. The van der Waals surface area contributed by atoms with Crippen LogP contribution in [0.1, 0.15) is 11.1 Å². The number of benzene rings is 2. The molecule has 0 unspecified atom stereocenters. The maximum absolute atomic E-state index is 8.80. The van der Waals surface area contributed by atoms with Gasteiger partial charge in [-0.1, -0.05) is 12.1 Å². The van der Waals surface area contributed by atoms with Crippen LogP contribution in [0.15, 0.2) is 46.9 Å². The minimum Gasteiger partial charge on any atom is -0.456 e. The smallest absolute Gasteiger partial charge is 0.141 e. The zero-order chi connectivity index (χ0) is 12.3. The number of rotatable bonds is 2. The number of hydrogen-bond donors (Lipinski definition) is 0. The van der Waals surface area contributed by atoms with E-state index < -0.39 is 0 Å². The van der Waals surface area contributed by atoms with Gasteiger partial charge in [-0.3, -0.25) is 0 Å². The highest BCUT2D eigenvalue weighted by atomic mass is 79.9. The van der Waals surface area contributed by atoms with Crippen LogP contribution >= 0.6 is 15.9 Å². The molecule has 0 aromatic heterocycles. The Labute approximate surface area is 109 Å². The van der Waals surface area contributed by atoms with Crippen molar-refractivity contribution in [2.45, 2.75) is 6.92 Å². The van der Waals surface area contributed by atoms with Crippen molar-refractivity contribution in [3.8, 4) is 17.6 Å². The molecule has 17 heavy (non-hydrogen) atoms. The molecule has 0 spiro atoms. The summed E-state index contributed by atoms with van der Waals surface area (Å²) in [6.45, 7) is 2.02. The number of ether oxygens (including phenoxy) is 1. The van der Waals surface area contributed by atoms with Crippen LogP contribution in [0.5, 0.6) is 11.5 Å². The molecule has 0 bridgehead atoms. The molecule has 0 heterocycles. The molecule has 0 aliphatic heterocycles. The number of nitriles is 1. The highest BCUT2D eigenvalue weighted by molar-refractivity contribution is 9.10. The minimum absolute atomic E-state index is 0.589. The van der Waals surface area contributed by atoms with E-state index in [9.17, 15) is 0 Å². The summed E-state index contributed by atoms with van der Waals surface area (Å²) in [6.07, 6.45) is 0. The zero-order valence-corrected chi connectivity index (χ0v) is 10.9. The van der Waals surface area contributed by atoms with Gasteiger partial charge in [-0.05, 0) is 58.7 Å². The van der Waals surface area contributed by atoms with Crippen molar-refractivity contribution in [3.63, 3.8) is 0 Å². The van der Waals surface area contributed by atoms with Gasteiger partial charge in [-0.2, -0.15) is 5.26 Å². The maximum Gasteiger partial charge on any atom is 0.141 e. The molecule has 0 aliphatic rings. The Morgan fingerprint density at radius 2 is 2.00 bits per heavy atom. The Morgan fingerprint density at radius 3 is 2.71 bits per heavy atom. The standard InChI is InChI=1S/C14H10BrNO/c1-10-5-6-14(13(15)7-10)17-12-4-2-3-11(8-12)9-16/h2-8H,1H3. The summed E-state index contributed by atoms with van der Waals surface area (Å²) in [5, 5.41) is 8.80. The highest BCUT2D eigenvalue weighted by Gasteiger charge is 2.03. The summed E-state index contributed by atoms with van der Waals surface area (Å²) in [7, 11) is 0. The summed E-state index contributed by atoms with van der Waals surface area (Å²) >= 11 is 3.45. The first-order chi connectivity index (χ1) is 8.19.